The smallest absolute Gasteiger partial charge is 0.119 e. The molecule has 1 aromatic heterocycles. The normalized spacial score (nSPS) is 17.0. The zero-order chi connectivity index (χ0) is 15.0. The fourth-order valence-corrected chi connectivity index (χ4v) is 3.22. The van der Waals surface area contributed by atoms with E-state index in [4.69, 9.17) is 4.74 Å². The Morgan fingerprint density at radius 2 is 2.19 bits per heavy atom. The number of nitrogens with zero attached hydrogens (tertiary/aromatic N) is 2. The number of rotatable bonds is 4. The number of methoxy groups -OCH3 is 1. The van der Waals surface area contributed by atoms with Gasteiger partial charge in [0.15, 0.2) is 0 Å². The van der Waals surface area contributed by atoms with E-state index >= 15 is 0 Å². The fourth-order valence-electron chi connectivity index (χ4n) is 3.22. The highest BCUT2D eigenvalue weighted by molar-refractivity contribution is 5.41. The standard InChI is InChI=1S/C17H23N3O/c1-11-16(12(2)20(3)19-11)10-18-17-8-6-13-5-7-14(21-4)9-15(13)17/h5,7,9,17-18H,6,8,10H2,1-4H3. The lowest BCUT2D eigenvalue weighted by Gasteiger charge is -2.15. The number of hydrogen-bond acceptors (Lipinski definition) is 3. The first-order valence-corrected chi connectivity index (χ1v) is 7.49. The molecule has 0 saturated heterocycles. The van der Waals surface area contributed by atoms with E-state index in [-0.39, 0.29) is 0 Å². The van der Waals surface area contributed by atoms with Gasteiger partial charge in [-0.2, -0.15) is 5.10 Å². The molecule has 2 aromatic rings. The van der Waals surface area contributed by atoms with E-state index in [0.717, 1.165) is 30.8 Å². The first-order valence-electron chi connectivity index (χ1n) is 7.49. The molecule has 1 aliphatic rings. The molecule has 1 aromatic carbocycles. The number of ether oxygens (including phenoxy) is 1. The van der Waals surface area contributed by atoms with Gasteiger partial charge in [0.2, 0.25) is 0 Å². The highest BCUT2D eigenvalue weighted by atomic mass is 16.5. The highest BCUT2D eigenvalue weighted by Gasteiger charge is 2.23. The lowest BCUT2D eigenvalue weighted by Crippen LogP contribution is -2.19. The lowest BCUT2D eigenvalue weighted by atomic mass is 10.1. The van der Waals surface area contributed by atoms with Crippen LogP contribution in [0.4, 0.5) is 0 Å². The molecule has 4 nitrogen and oxygen atoms in total. The van der Waals surface area contributed by atoms with Crippen molar-refractivity contribution in [3.8, 4) is 5.75 Å². The summed E-state index contributed by atoms with van der Waals surface area (Å²) in [5.74, 6) is 0.941. The molecule has 1 aliphatic carbocycles. The van der Waals surface area contributed by atoms with Crippen LogP contribution in [0, 0.1) is 13.8 Å². The van der Waals surface area contributed by atoms with Gasteiger partial charge in [-0.15, -0.1) is 0 Å². The molecule has 0 saturated carbocycles. The van der Waals surface area contributed by atoms with Crippen molar-refractivity contribution in [1.82, 2.24) is 15.1 Å². The molecule has 0 radical (unpaired) electrons. The van der Waals surface area contributed by atoms with Crippen LogP contribution in [0.15, 0.2) is 18.2 Å². The van der Waals surface area contributed by atoms with Crippen LogP contribution in [-0.2, 0) is 20.0 Å². The number of hydrogen-bond donors (Lipinski definition) is 1. The van der Waals surface area contributed by atoms with E-state index in [1.54, 1.807) is 7.11 Å². The third-order valence-corrected chi connectivity index (χ3v) is 4.61. The molecule has 112 valence electrons. The highest BCUT2D eigenvalue weighted by Crippen LogP contribution is 2.34. The summed E-state index contributed by atoms with van der Waals surface area (Å²) >= 11 is 0. The number of fused-ring (bicyclic) bond motifs is 1. The predicted octanol–water partition coefficient (Wildman–Crippen LogP) is 2.82. The number of nitrogens with one attached hydrogen (secondary N) is 1. The molecule has 0 aliphatic heterocycles. The summed E-state index contributed by atoms with van der Waals surface area (Å²) in [6.45, 7) is 5.07. The summed E-state index contributed by atoms with van der Waals surface area (Å²) in [5.41, 5.74) is 6.49. The topological polar surface area (TPSA) is 39.1 Å². The minimum atomic E-state index is 0.411. The van der Waals surface area contributed by atoms with Crippen molar-refractivity contribution >= 4 is 0 Å². The summed E-state index contributed by atoms with van der Waals surface area (Å²) < 4.78 is 7.31. The zero-order valence-electron chi connectivity index (χ0n) is 13.2. The molecule has 1 unspecified atom stereocenters. The first kappa shape index (κ1) is 14.1. The molecule has 21 heavy (non-hydrogen) atoms. The van der Waals surface area contributed by atoms with Crippen LogP contribution in [0.5, 0.6) is 5.75 Å². The van der Waals surface area contributed by atoms with E-state index in [1.165, 1.54) is 22.4 Å². The molecule has 1 N–H and O–H groups in total. The lowest BCUT2D eigenvalue weighted by molar-refractivity contribution is 0.413. The van der Waals surface area contributed by atoms with E-state index in [0.29, 0.717) is 6.04 Å². The van der Waals surface area contributed by atoms with E-state index in [1.807, 2.05) is 11.7 Å². The van der Waals surface area contributed by atoms with Gasteiger partial charge in [-0.1, -0.05) is 6.07 Å². The number of benzene rings is 1. The maximum absolute atomic E-state index is 5.35. The molecule has 0 spiro atoms. The van der Waals surface area contributed by atoms with E-state index < -0.39 is 0 Å². The van der Waals surface area contributed by atoms with Crippen LogP contribution in [0.25, 0.3) is 0 Å². The largest absolute Gasteiger partial charge is 0.497 e. The van der Waals surface area contributed by atoms with Crippen molar-refractivity contribution in [3.63, 3.8) is 0 Å². The van der Waals surface area contributed by atoms with Crippen molar-refractivity contribution in [2.24, 2.45) is 7.05 Å². The van der Waals surface area contributed by atoms with Gasteiger partial charge in [-0.05, 0) is 49.9 Å². The monoisotopic (exact) mass is 285 g/mol. The third-order valence-electron chi connectivity index (χ3n) is 4.61. The Balaban J connectivity index is 1.76. The average Bonchev–Trinajstić information content (AvgIpc) is 2.99. The Bertz CT molecular complexity index is 660. The minimum absolute atomic E-state index is 0.411. The summed E-state index contributed by atoms with van der Waals surface area (Å²) in [4.78, 5) is 0. The van der Waals surface area contributed by atoms with Gasteiger partial charge in [-0.3, -0.25) is 4.68 Å². The Kier molecular flexibility index (Phi) is 3.72. The molecule has 3 rings (SSSR count). The van der Waals surface area contributed by atoms with Crippen LogP contribution in [0.2, 0.25) is 0 Å². The van der Waals surface area contributed by atoms with Crippen LogP contribution in [0.1, 0.15) is 40.5 Å². The summed E-state index contributed by atoms with van der Waals surface area (Å²) in [7, 11) is 3.73. The molecule has 4 heteroatoms. The Morgan fingerprint density at radius 1 is 1.38 bits per heavy atom. The van der Waals surface area contributed by atoms with Crippen molar-refractivity contribution < 1.29 is 4.74 Å². The summed E-state index contributed by atoms with van der Waals surface area (Å²) in [6.07, 6.45) is 2.29. The first-order chi connectivity index (χ1) is 10.1. The molecule has 0 amide bonds. The maximum atomic E-state index is 5.35. The number of aromatic nitrogens is 2. The van der Waals surface area contributed by atoms with Gasteiger partial charge in [0.1, 0.15) is 5.75 Å². The predicted molar refractivity (Wildman–Crippen MR) is 83.6 cm³/mol. The van der Waals surface area contributed by atoms with Crippen LogP contribution in [0.3, 0.4) is 0 Å². The second-order valence-electron chi connectivity index (χ2n) is 5.81. The van der Waals surface area contributed by atoms with Crippen LogP contribution in [-0.4, -0.2) is 16.9 Å². The van der Waals surface area contributed by atoms with Crippen molar-refractivity contribution in [3.05, 3.63) is 46.3 Å². The van der Waals surface area contributed by atoms with Gasteiger partial charge in [0.25, 0.3) is 0 Å². The van der Waals surface area contributed by atoms with Crippen molar-refractivity contribution in [1.29, 1.82) is 0 Å². The average molecular weight is 285 g/mol. The van der Waals surface area contributed by atoms with Crippen molar-refractivity contribution in [2.75, 3.05) is 7.11 Å². The summed E-state index contributed by atoms with van der Waals surface area (Å²) in [6, 6.07) is 6.82. The van der Waals surface area contributed by atoms with Crippen molar-refractivity contribution in [2.45, 2.75) is 39.3 Å². The van der Waals surface area contributed by atoms with Gasteiger partial charge in [-0.25, -0.2) is 0 Å². The van der Waals surface area contributed by atoms with Gasteiger partial charge in [0.05, 0.1) is 12.8 Å². The van der Waals surface area contributed by atoms with Crippen LogP contribution >= 0.6 is 0 Å². The maximum Gasteiger partial charge on any atom is 0.119 e. The molecule has 1 heterocycles. The van der Waals surface area contributed by atoms with Crippen LogP contribution < -0.4 is 10.1 Å². The SMILES string of the molecule is COc1ccc2c(c1)C(NCc1c(C)nn(C)c1C)CC2. The zero-order valence-corrected chi connectivity index (χ0v) is 13.2. The minimum Gasteiger partial charge on any atom is -0.497 e. The molecule has 1 atom stereocenters. The van der Waals surface area contributed by atoms with Gasteiger partial charge in [0, 0.05) is 30.9 Å². The second kappa shape index (κ2) is 5.53. The Hall–Kier alpha value is -1.81. The van der Waals surface area contributed by atoms with Gasteiger partial charge < -0.3 is 10.1 Å². The van der Waals surface area contributed by atoms with E-state index in [2.05, 4.69) is 42.5 Å². The van der Waals surface area contributed by atoms with Gasteiger partial charge >= 0.3 is 0 Å². The Morgan fingerprint density at radius 3 is 2.86 bits per heavy atom. The second-order valence-corrected chi connectivity index (χ2v) is 5.81. The quantitative estimate of drug-likeness (QED) is 0.939. The molecule has 0 bridgehead atoms. The fraction of sp³-hybridized carbons (Fsp3) is 0.471. The molecular weight excluding hydrogens is 262 g/mol. The molecule has 0 fully saturated rings. The summed E-state index contributed by atoms with van der Waals surface area (Å²) in [5, 5.41) is 8.18. The van der Waals surface area contributed by atoms with E-state index in [9.17, 15) is 0 Å². The molecular formula is C17H23N3O. The number of aryl methyl sites for hydroxylation is 3. The third kappa shape index (κ3) is 2.56. The Labute approximate surface area is 126 Å².